The SMILES string of the molecule is CCc1cc(CC(C)(O)C(C)C)n(C)n1. The van der Waals surface area contributed by atoms with Gasteiger partial charge in [0.15, 0.2) is 0 Å². The highest BCUT2D eigenvalue weighted by Gasteiger charge is 2.26. The fourth-order valence-corrected chi connectivity index (χ4v) is 1.48. The van der Waals surface area contributed by atoms with E-state index in [1.54, 1.807) is 0 Å². The molecule has 1 aromatic rings. The van der Waals surface area contributed by atoms with Gasteiger partial charge in [-0.1, -0.05) is 20.8 Å². The molecule has 1 unspecified atom stereocenters. The van der Waals surface area contributed by atoms with Gasteiger partial charge in [-0.3, -0.25) is 4.68 Å². The third-order valence-corrected chi connectivity index (χ3v) is 3.17. The summed E-state index contributed by atoms with van der Waals surface area (Å²) >= 11 is 0. The third-order valence-electron chi connectivity index (χ3n) is 3.17. The number of hydrogen-bond donors (Lipinski definition) is 1. The summed E-state index contributed by atoms with van der Waals surface area (Å²) in [6.07, 6.45) is 1.60. The maximum Gasteiger partial charge on any atom is 0.0697 e. The van der Waals surface area contributed by atoms with Crippen molar-refractivity contribution in [2.75, 3.05) is 0 Å². The molecule has 1 aromatic heterocycles. The Bertz CT molecular complexity index is 326. The lowest BCUT2D eigenvalue weighted by Crippen LogP contribution is -2.34. The molecule has 3 heteroatoms. The molecule has 0 amide bonds. The molecular weight excluding hydrogens is 188 g/mol. The molecule has 1 N–H and O–H groups in total. The summed E-state index contributed by atoms with van der Waals surface area (Å²) < 4.78 is 1.87. The first-order chi connectivity index (χ1) is 6.86. The molecular formula is C12H22N2O. The first-order valence-electron chi connectivity index (χ1n) is 5.61. The van der Waals surface area contributed by atoms with E-state index in [9.17, 15) is 5.11 Å². The molecule has 15 heavy (non-hydrogen) atoms. The molecule has 0 fully saturated rings. The maximum absolute atomic E-state index is 10.2. The molecule has 3 nitrogen and oxygen atoms in total. The summed E-state index contributed by atoms with van der Waals surface area (Å²) in [4.78, 5) is 0. The van der Waals surface area contributed by atoms with Crippen LogP contribution < -0.4 is 0 Å². The van der Waals surface area contributed by atoms with Gasteiger partial charge >= 0.3 is 0 Å². The average Bonchev–Trinajstić information content (AvgIpc) is 2.46. The quantitative estimate of drug-likeness (QED) is 0.824. The van der Waals surface area contributed by atoms with Gasteiger partial charge in [-0.05, 0) is 25.3 Å². The number of rotatable bonds is 4. The monoisotopic (exact) mass is 210 g/mol. The van der Waals surface area contributed by atoms with Crippen molar-refractivity contribution in [3.05, 3.63) is 17.5 Å². The Labute approximate surface area is 92.1 Å². The third kappa shape index (κ3) is 2.81. The normalized spacial score (nSPS) is 15.7. The highest BCUT2D eigenvalue weighted by atomic mass is 16.3. The molecule has 1 heterocycles. The number of hydrogen-bond acceptors (Lipinski definition) is 2. The van der Waals surface area contributed by atoms with Crippen molar-refractivity contribution in [2.45, 2.75) is 46.1 Å². The van der Waals surface area contributed by atoms with Crippen molar-refractivity contribution in [3.8, 4) is 0 Å². The Morgan fingerprint density at radius 2 is 2.13 bits per heavy atom. The fraction of sp³-hybridized carbons (Fsp3) is 0.750. The van der Waals surface area contributed by atoms with Gasteiger partial charge in [-0.2, -0.15) is 5.10 Å². The molecule has 0 aliphatic carbocycles. The zero-order valence-electron chi connectivity index (χ0n) is 10.4. The van der Waals surface area contributed by atoms with E-state index in [2.05, 4.69) is 18.1 Å². The van der Waals surface area contributed by atoms with Crippen LogP contribution in [0.4, 0.5) is 0 Å². The van der Waals surface area contributed by atoms with Crippen LogP contribution in [0, 0.1) is 5.92 Å². The van der Waals surface area contributed by atoms with Gasteiger partial charge in [0.1, 0.15) is 0 Å². The first-order valence-corrected chi connectivity index (χ1v) is 5.61. The number of aromatic nitrogens is 2. The molecule has 0 saturated heterocycles. The van der Waals surface area contributed by atoms with Crippen LogP contribution in [-0.4, -0.2) is 20.5 Å². The smallest absolute Gasteiger partial charge is 0.0697 e. The van der Waals surface area contributed by atoms with Crippen LogP contribution in [0.25, 0.3) is 0 Å². The minimum absolute atomic E-state index is 0.248. The van der Waals surface area contributed by atoms with E-state index >= 15 is 0 Å². The van der Waals surface area contributed by atoms with Crippen LogP contribution in [0.5, 0.6) is 0 Å². The van der Waals surface area contributed by atoms with Crippen molar-refractivity contribution in [3.63, 3.8) is 0 Å². The minimum Gasteiger partial charge on any atom is -0.390 e. The maximum atomic E-state index is 10.2. The molecule has 0 radical (unpaired) electrons. The second kappa shape index (κ2) is 4.35. The lowest BCUT2D eigenvalue weighted by molar-refractivity contribution is 0.0123. The van der Waals surface area contributed by atoms with Crippen LogP contribution in [-0.2, 0) is 19.9 Å². The molecule has 86 valence electrons. The topological polar surface area (TPSA) is 38.0 Å². The predicted molar refractivity (Wildman–Crippen MR) is 61.8 cm³/mol. The van der Waals surface area contributed by atoms with Gasteiger partial charge in [-0.25, -0.2) is 0 Å². The van der Waals surface area contributed by atoms with Crippen LogP contribution in [0.2, 0.25) is 0 Å². The summed E-state index contributed by atoms with van der Waals surface area (Å²) in [5.41, 5.74) is 1.54. The van der Waals surface area contributed by atoms with Crippen molar-refractivity contribution in [2.24, 2.45) is 13.0 Å². The van der Waals surface area contributed by atoms with Crippen molar-refractivity contribution < 1.29 is 5.11 Å². The molecule has 0 aliphatic heterocycles. The zero-order valence-corrected chi connectivity index (χ0v) is 10.4. The molecule has 0 bridgehead atoms. The Kier molecular flexibility index (Phi) is 3.55. The van der Waals surface area contributed by atoms with E-state index in [4.69, 9.17) is 0 Å². The lowest BCUT2D eigenvalue weighted by Gasteiger charge is -2.27. The first kappa shape index (κ1) is 12.2. The molecule has 1 rings (SSSR count). The van der Waals surface area contributed by atoms with Gasteiger partial charge in [0.05, 0.1) is 11.3 Å². The van der Waals surface area contributed by atoms with Crippen LogP contribution in [0.3, 0.4) is 0 Å². The summed E-state index contributed by atoms with van der Waals surface area (Å²) in [6, 6.07) is 2.08. The van der Waals surface area contributed by atoms with Crippen molar-refractivity contribution in [1.29, 1.82) is 0 Å². The Balaban J connectivity index is 2.84. The van der Waals surface area contributed by atoms with Gasteiger partial charge in [-0.15, -0.1) is 0 Å². The van der Waals surface area contributed by atoms with Gasteiger partial charge in [0, 0.05) is 19.2 Å². The van der Waals surface area contributed by atoms with E-state index in [-0.39, 0.29) is 5.92 Å². The van der Waals surface area contributed by atoms with Gasteiger partial charge in [0.2, 0.25) is 0 Å². The summed E-state index contributed by atoms with van der Waals surface area (Å²) in [5, 5.41) is 14.6. The Hall–Kier alpha value is -0.830. The molecule has 0 spiro atoms. The van der Waals surface area contributed by atoms with Gasteiger partial charge < -0.3 is 5.11 Å². The van der Waals surface area contributed by atoms with E-state index in [1.165, 1.54) is 0 Å². The molecule has 0 aliphatic rings. The van der Waals surface area contributed by atoms with Crippen molar-refractivity contribution in [1.82, 2.24) is 9.78 Å². The minimum atomic E-state index is -0.654. The van der Waals surface area contributed by atoms with E-state index < -0.39 is 5.60 Å². The van der Waals surface area contributed by atoms with Crippen LogP contribution in [0.15, 0.2) is 6.07 Å². The Morgan fingerprint density at radius 3 is 2.53 bits per heavy atom. The Morgan fingerprint density at radius 1 is 1.53 bits per heavy atom. The summed E-state index contributed by atoms with van der Waals surface area (Å²) in [7, 11) is 1.94. The molecule has 1 atom stereocenters. The van der Waals surface area contributed by atoms with E-state index in [1.807, 2.05) is 32.5 Å². The average molecular weight is 210 g/mol. The van der Waals surface area contributed by atoms with Crippen LogP contribution in [0.1, 0.15) is 39.1 Å². The second-order valence-corrected chi connectivity index (χ2v) is 4.79. The largest absolute Gasteiger partial charge is 0.390 e. The van der Waals surface area contributed by atoms with Crippen LogP contribution >= 0.6 is 0 Å². The van der Waals surface area contributed by atoms with Crippen molar-refractivity contribution >= 4 is 0 Å². The summed E-state index contributed by atoms with van der Waals surface area (Å²) in [5.74, 6) is 0.248. The highest BCUT2D eigenvalue weighted by Crippen LogP contribution is 2.21. The standard InChI is InChI=1S/C12H22N2O/c1-6-10-7-11(14(5)13-10)8-12(4,15)9(2)3/h7,9,15H,6,8H2,1-5H3. The summed E-state index contributed by atoms with van der Waals surface area (Å²) in [6.45, 7) is 8.05. The van der Waals surface area contributed by atoms with E-state index in [0.717, 1.165) is 17.8 Å². The molecule has 0 saturated carbocycles. The predicted octanol–water partition coefficient (Wildman–Crippen LogP) is 1.93. The fourth-order valence-electron chi connectivity index (χ4n) is 1.48. The second-order valence-electron chi connectivity index (χ2n) is 4.79. The number of nitrogens with zero attached hydrogens (tertiary/aromatic N) is 2. The number of aliphatic hydroxyl groups is 1. The van der Waals surface area contributed by atoms with Gasteiger partial charge in [0.25, 0.3) is 0 Å². The zero-order chi connectivity index (χ0) is 11.6. The molecule has 0 aromatic carbocycles. The highest BCUT2D eigenvalue weighted by molar-refractivity contribution is 5.12. The van der Waals surface area contributed by atoms with E-state index in [0.29, 0.717) is 6.42 Å². The lowest BCUT2D eigenvalue weighted by atomic mass is 9.88. The number of aryl methyl sites for hydroxylation is 2.